The van der Waals surface area contributed by atoms with Crippen LogP contribution in [0.25, 0.3) is 0 Å². The van der Waals surface area contributed by atoms with Crippen LogP contribution in [0.4, 0.5) is 4.79 Å². The number of amides is 2. The van der Waals surface area contributed by atoms with E-state index in [1.54, 1.807) is 4.90 Å². The number of nitrogens with one attached hydrogen (secondary N) is 1. The molecular formula is C15H27N3O4. The molecule has 1 heterocycles. The summed E-state index contributed by atoms with van der Waals surface area (Å²) in [5, 5.41) is 21.8. The fourth-order valence-corrected chi connectivity index (χ4v) is 3.37. The largest absolute Gasteiger partial charge is 0.480 e. The first kappa shape index (κ1) is 17.0. The molecule has 0 aromatic rings. The summed E-state index contributed by atoms with van der Waals surface area (Å²) in [6.07, 6.45) is 1.68. The van der Waals surface area contributed by atoms with Crippen molar-refractivity contribution in [3.63, 3.8) is 0 Å². The molecule has 0 aromatic heterocycles. The van der Waals surface area contributed by atoms with Crippen molar-refractivity contribution in [1.29, 1.82) is 0 Å². The molecule has 22 heavy (non-hydrogen) atoms. The number of aliphatic carboxylic acids is 1. The van der Waals surface area contributed by atoms with Gasteiger partial charge in [0.1, 0.15) is 0 Å². The predicted octanol–water partition coefficient (Wildman–Crippen LogP) is 0.479. The van der Waals surface area contributed by atoms with E-state index in [2.05, 4.69) is 5.32 Å². The van der Waals surface area contributed by atoms with E-state index in [0.717, 1.165) is 12.8 Å². The molecule has 3 N–H and O–H groups in total. The highest BCUT2D eigenvalue weighted by molar-refractivity contribution is 5.76. The second-order valence-corrected chi connectivity index (χ2v) is 6.84. The first-order valence-electron chi connectivity index (χ1n) is 7.97. The molecule has 1 atom stereocenters. The molecular weight excluding hydrogens is 286 g/mol. The summed E-state index contributed by atoms with van der Waals surface area (Å²) in [6, 6.07) is 0.184. The van der Waals surface area contributed by atoms with Crippen molar-refractivity contribution in [2.24, 2.45) is 0 Å². The average molecular weight is 313 g/mol. The smallest absolute Gasteiger partial charge is 0.318 e. The molecule has 2 fully saturated rings. The SMILES string of the molecule is CCN(CC(=O)O)C1CC(NC(=O)N2CCC(O)C2(C)C)C1. The van der Waals surface area contributed by atoms with Gasteiger partial charge >= 0.3 is 12.0 Å². The van der Waals surface area contributed by atoms with Crippen LogP contribution in [0.3, 0.4) is 0 Å². The lowest BCUT2D eigenvalue weighted by atomic mass is 9.85. The molecule has 2 amide bonds. The van der Waals surface area contributed by atoms with E-state index in [1.165, 1.54) is 0 Å². The predicted molar refractivity (Wildman–Crippen MR) is 81.6 cm³/mol. The lowest BCUT2D eigenvalue weighted by molar-refractivity contribution is -0.139. The van der Waals surface area contributed by atoms with E-state index in [1.807, 2.05) is 25.7 Å². The van der Waals surface area contributed by atoms with Crippen molar-refractivity contribution < 1.29 is 19.8 Å². The molecule has 1 aliphatic heterocycles. The Morgan fingerprint density at radius 3 is 2.45 bits per heavy atom. The van der Waals surface area contributed by atoms with Crippen molar-refractivity contribution >= 4 is 12.0 Å². The molecule has 7 heteroatoms. The Labute approximate surface area is 131 Å². The molecule has 1 aliphatic carbocycles. The third kappa shape index (κ3) is 3.35. The molecule has 2 rings (SSSR count). The van der Waals surface area contributed by atoms with Gasteiger partial charge in [0.25, 0.3) is 0 Å². The van der Waals surface area contributed by atoms with Gasteiger partial charge in [-0.25, -0.2) is 4.79 Å². The average Bonchev–Trinajstić information content (AvgIpc) is 2.65. The van der Waals surface area contributed by atoms with Gasteiger partial charge in [0.15, 0.2) is 0 Å². The van der Waals surface area contributed by atoms with Crippen molar-refractivity contribution in [2.45, 2.75) is 63.8 Å². The highest BCUT2D eigenvalue weighted by Gasteiger charge is 2.44. The van der Waals surface area contributed by atoms with Crippen LogP contribution in [0.15, 0.2) is 0 Å². The minimum Gasteiger partial charge on any atom is -0.480 e. The van der Waals surface area contributed by atoms with Crippen molar-refractivity contribution in [3.8, 4) is 0 Å². The second-order valence-electron chi connectivity index (χ2n) is 6.84. The van der Waals surface area contributed by atoms with Crippen LogP contribution in [0.2, 0.25) is 0 Å². The molecule has 2 aliphatic rings. The number of carboxylic acids is 1. The standard InChI is InChI=1S/C15H27N3O4/c1-4-17(9-13(20)21)11-7-10(8-11)16-14(22)18-6-5-12(19)15(18,2)3/h10-12,19H,4-9H2,1-3H3,(H,16,22)(H,20,21). The zero-order valence-corrected chi connectivity index (χ0v) is 13.6. The number of carbonyl (C=O) groups excluding carboxylic acids is 1. The van der Waals surface area contributed by atoms with Crippen molar-refractivity contribution in [3.05, 3.63) is 0 Å². The van der Waals surface area contributed by atoms with Gasteiger partial charge in [0, 0.05) is 18.6 Å². The molecule has 126 valence electrons. The quantitative estimate of drug-likeness (QED) is 0.686. The maximum Gasteiger partial charge on any atom is 0.318 e. The number of hydrogen-bond donors (Lipinski definition) is 3. The van der Waals surface area contributed by atoms with Gasteiger partial charge < -0.3 is 20.4 Å². The summed E-state index contributed by atoms with van der Waals surface area (Å²) >= 11 is 0. The van der Waals surface area contributed by atoms with Crippen LogP contribution in [0.5, 0.6) is 0 Å². The molecule has 0 aromatic carbocycles. The maximum absolute atomic E-state index is 12.3. The Morgan fingerprint density at radius 1 is 1.36 bits per heavy atom. The van der Waals surface area contributed by atoms with E-state index in [9.17, 15) is 14.7 Å². The van der Waals surface area contributed by atoms with E-state index in [0.29, 0.717) is 19.5 Å². The summed E-state index contributed by atoms with van der Waals surface area (Å²) in [7, 11) is 0. The van der Waals surface area contributed by atoms with E-state index in [4.69, 9.17) is 5.11 Å². The number of rotatable bonds is 5. The Bertz CT molecular complexity index is 435. The normalized spacial score (nSPS) is 30.2. The molecule has 1 unspecified atom stereocenters. The van der Waals surface area contributed by atoms with E-state index >= 15 is 0 Å². The minimum absolute atomic E-state index is 0.0488. The Morgan fingerprint density at radius 2 is 2.00 bits per heavy atom. The number of carboxylic acid groups (broad SMARTS) is 1. The fourth-order valence-electron chi connectivity index (χ4n) is 3.37. The first-order chi connectivity index (χ1) is 10.3. The molecule has 0 radical (unpaired) electrons. The number of likely N-dealkylation sites (N-methyl/N-ethyl adjacent to an activating group) is 1. The third-order valence-corrected chi connectivity index (χ3v) is 5.08. The van der Waals surface area contributed by atoms with Crippen LogP contribution in [0.1, 0.15) is 40.0 Å². The number of hydrogen-bond acceptors (Lipinski definition) is 4. The number of likely N-dealkylation sites (tertiary alicyclic amines) is 1. The monoisotopic (exact) mass is 313 g/mol. The highest BCUT2D eigenvalue weighted by atomic mass is 16.4. The van der Waals surface area contributed by atoms with Gasteiger partial charge in [0.05, 0.1) is 18.2 Å². The van der Waals surface area contributed by atoms with Crippen molar-refractivity contribution in [1.82, 2.24) is 15.1 Å². The van der Waals surface area contributed by atoms with Crippen LogP contribution in [0, 0.1) is 0 Å². The van der Waals surface area contributed by atoms with E-state index < -0.39 is 17.6 Å². The Kier molecular flexibility index (Phi) is 4.97. The van der Waals surface area contributed by atoms with Gasteiger partial charge in [-0.1, -0.05) is 6.92 Å². The highest BCUT2D eigenvalue weighted by Crippen LogP contribution is 2.30. The zero-order valence-electron chi connectivity index (χ0n) is 13.6. The van der Waals surface area contributed by atoms with Crippen LogP contribution in [-0.2, 0) is 4.79 Å². The molecule has 7 nitrogen and oxygen atoms in total. The zero-order chi connectivity index (χ0) is 16.5. The third-order valence-electron chi connectivity index (χ3n) is 5.08. The van der Waals surface area contributed by atoms with Crippen LogP contribution >= 0.6 is 0 Å². The number of carbonyl (C=O) groups is 2. The first-order valence-corrected chi connectivity index (χ1v) is 7.97. The lowest BCUT2D eigenvalue weighted by Gasteiger charge is -2.43. The number of urea groups is 1. The number of aliphatic hydroxyl groups is 1. The van der Waals surface area contributed by atoms with Gasteiger partial charge in [-0.15, -0.1) is 0 Å². The summed E-state index contributed by atoms with van der Waals surface area (Å²) < 4.78 is 0. The number of aliphatic hydroxyl groups excluding tert-OH is 1. The molecule has 1 saturated heterocycles. The lowest BCUT2D eigenvalue weighted by Crippen LogP contribution is -2.59. The van der Waals surface area contributed by atoms with Gasteiger partial charge in [-0.3, -0.25) is 9.69 Å². The summed E-state index contributed by atoms with van der Waals surface area (Å²) in [5.41, 5.74) is -0.536. The Hall–Kier alpha value is -1.34. The van der Waals surface area contributed by atoms with Gasteiger partial charge in [-0.05, 0) is 39.7 Å². The van der Waals surface area contributed by atoms with Gasteiger partial charge in [-0.2, -0.15) is 0 Å². The minimum atomic E-state index is -0.817. The molecule has 1 saturated carbocycles. The Balaban J connectivity index is 1.80. The summed E-state index contributed by atoms with van der Waals surface area (Å²) in [5.74, 6) is -0.817. The second kappa shape index (κ2) is 6.42. The topological polar surface area (TPSA) is 93.1 Å². The van der Waals surface area contributed by atoms with Crippen LogP contribution in [-0.4, -0.2) is 75.4 Å². The molecule has 0 bridgehead atoms. The van der Waals surface area contributed by atoms with Crippen molar-refractivity contribution in [2.75, 3.05) is 19.6 Å². The number of nitrogens with zero attached hydrogens (tertiary/aromatic N) is 2. The molecule has 0 spiro atoms. The van der Waals surface area contributed by atoms with E-state index in [-0.39, 0.29) is 24.7 Å². The van der Waals surface area contributed by atoms with Gasteiger partial charge in [0.2, 0.25) is 0 Å². The maximum atomic E-state index is 12.3. The van der Waals surface area contributed by atoms with Crippen LogP contribution < -0.4 is 5.32 Å². The summed E-state index contributed by atoms with van der Waals surface area (Å²) in [6.45, 7) is 7.01. The summed E-state index contributed by atoms with van der Waals surface area (Å²) in [4.78, 5) is 26.8. The fraction of sp³-hybridized carbons (Fsp3) is 0.867.